The van der Waals surface area contributed by atoms with Crippen molar-refractivity contribution in [2.24, 2.45) is 5.92 Å². The van der Waals surface area contributed by atoms with Crippen molar-refractivity contribution in [2.75, 3.05) is 13.6 Å². The van der Waals surface area contributed by atoms with Gasteiger partial charge in [-0.25, -0.2) is 0 Å². The molecule has 24 heavy (non-hydrogen) atoms. The molecular weight excluding hydrogens is 300 g/mol. The highest BCUT2D eigenvalue weighted by atomic mass is 16.3. The van der Waals surface area contributed by atoms with E-state index < -0.39 is 6.10 Å². The van der Waals surface area contributed by atoms with E-state index in [2.05, 4.69) is 0 Å². The monoisotopic (exact) mass is 324 g/mol. The molecule has 0 radical (unpaired) electrons. The summed E-state index contributed by atoms with van der Waals surface area (Å²) in [5.41, 5.74) is 3.77. The number of aromatic nitrogens is 1. The molecule has 0 unspecified atom stereocenters. The van der Waals surface area contributed by atoms with Crippen molar-refractivity contribution in [3.63, 3.8) is 0 Å². The first kappa shape index (κ1) is 15.6. The number of aryl methyl sites for hydroxylation is 1. The molecule has 2 fully saturated rings. The third-order valence-corrected chi connectivity index (χ3v) is 5.18. The third kappa shape index (κ3) is 3.03. The van der Waals surface area contributed by atoms with Crippen LogP contribution < -0.4 is 0 Å². The van der Waals surface area contributed by atoms with E-state index in [9.17, 15) is 9.90 Å². The maximum atomic E-state index is 13.0. The van der Waals surface area contributed by atoms with E-state index in [0.717, 1.165) is 53.4 Å². The fourth-order valence-electron chi connectivity index (χ4n) is 3.32. The molecule has 4 nitrogen and oxygen atoms in total. The van der Waals surface area contributed by atoms with Crippen LogP contribution in [-0.2, 0) is 0 Å². The minimum atomic E-state index is -0.406. The minimum absolute atomic E-state index is 0.0189. The number of hydrogen-bond donors (Lipinski definition) is 1. The number of hydrogen-bond acceptors (Lipinski definition) is 3. The topological polar surface area (TPSA) is 53.4 Å². The zero-order valence-corrected chi connectivity index (χ0v) is 14.3. The van der Waals surface area contributed by atoms with Gasteiger partial charge in [-0.05, 0) is 56.7 Å². The normalized spacial score (nSPS) is 18.6. The number of amides is 1. The molecule has 2 aromatic rings. The molecule has 1 N–H and O–H groups in total. The second-order valence-electron chi connectivity index (χ2n) is 7.48. The Balaban J connectivity index is 1.70. The van der Waals surface area contributed by atoms with Crippen LogP contribution in [0.15, 0.2) is 24.3 Å². The summed E-state index contributed by atoms with van der Waals surface area (Å²) in [6.07, 6.45) is 4.07. The maximum absolute atomic E-state index is 13.0. The van der Waals surface area contributed by atoms with Gasteiger partial charge in [-0.2, -0.15) is 0 Å². The fourth-order valence-corrected chi connectivity index (χ4v) is 3.32. The number of aliphatic hydroxyl groups is 1. The van der Waals surface area contributed by atoms with Crippen LogP contribution in [0.1, 0.15) is 53.2 Å². The standard InChI is InChI=1S/C20H24N2O2/c1-12-3-8-17-15(9-12)16(10-18(21-17)13-4-5-13)20(24)22(2)11-19(23)14-6-7-14/h3,8-10,13-14,19,23H,4-7,11H2,1-2H3/t19-/m1/s1. The van der Waals surface area contributed by atoms with Gasteiger partial charge in [0.05, 0.1) is 17.2 Å². The van der Waals surface area contributed by atoms with Gasteiger partial charge in [0, 0.05) is 30.6 Å². The van der Waals surface area contributed by atoms with E-state index in [4.69, 9.17) is 4.98 Å². The number of rotatable bonds is 5. The summed E-state index contributed by atoms with van der Waals surface area (Å²) in [4.78, 5) is 19.5. The van der Waals surface area contributed by atoms with Crippen LogP contribution in [0.2, 0.25) is 0 Å². The lowest BCUT2D eigenvalue weighted by Crippen LogP contribution is -2.35. The highest BCUT2D eigenvalue weighted by Gasteiger charge is 2.32. The number of fused-ring (bicyclic) bond motifs is 1. The second kappa shape index (κ2) is 5.85. The Kier molecular flexibility index (Phi) is 3.80. The van der Waals surface area contributed by atoms with Crippen LogP contribution in [0.3, 0.4) is 0 Å². The van der Waals surface area contributed by atoms with Crippen molar-refractivity contribution in [1.82, 2.24) is 9.88 Å². The van der Waals surface area contributed by atoms with Crippen LogP contribution in [0.4, 0.5) is 0 Å². The Bertz CT molecular complexity index is 794. The molecule has 4 rings (SSSR count). The summed E-state index contributed by atoms with van der Waals surface area (Å²) in [5, 5.41) is 11.1. The highest BCUT2D eigenvalue weighted by molar-refractivity contribution is 6.06. The predicted molar refractivity (Wildman–Crippen MR) is 94.1 cm³/mol. The first-order valence-electron chi connectivity index (χ1n) is 8.88. The Morgan fingerprint density at radius 1 is 1.29 bits per heavy atom. The molecule has 1 aromatic carbocycles. The summed E-state index contributed by atoms with van der Waals surface area (Å²) in [7, 11) is 1.78. The second-order valence-corrected chi connectivity index (χ2v) is 7.48. The van der Waals surface area contributed by atoms with Gasteiger partial charge in [-0.15, -0.1) is 0 Å². The molecule has 4 heteroatoms. The van der Waals surface area contributed by atoms with E-state index in [0.29, 0.717) is 18.4 Å². The number of carbonyl (C=O) groups is 1. The quantitative estimate of drug-likeness (QED) is 0.918. The fraction of sp³-hybridized carbons (Fsp3) is 0.500. The van der Waals surface area contributed by atoms with E-state index >= 15 is 0 Å². The molecule has 0 bridgehead atoms. The van der Waals surface area contributed by atoms with Gasteiger partial charge >= 0.3 is 0 Å². The molecule has 2 aliphatic carbocycles. The third-order valence-electron chi connectivity index (χ3n) is 5.18. The molecule has 0 saturated heterocycles. The number of likely N-dealkylation sites (N-methyl/N-ethyl adjacent to an activating group) is 1. The maximum Gasteiger partial charge on any atom is 0.254 e. The number of aliphatic hydroxyl groups excluding tert-OH is 1. The van der Waals surface area contributed by atoms with Gasteiger partial charge in [0.2, 0.25) is 0 Å². The van der Waals surface area contributed by atoms with Gasteiger partial charge in [-0.1, -0.05) is 11.6 Å². The largest absolute Gasteiger partial charge is 0.391 e. The van der Waals surface area contributed by atoms with Crippen molar-refractivity contribution >= 4 is 16.8 Å². The number of nitrogens with zero attached hydrogens (tertiary/aromatic N) is 2. The van der Waals surface area contributed by atoms with Crippen LogP contribution in [0, 0.1) is 12.8 Å². The van der Waals surface area contributed by atoms with E-state index in [1.807, 2.05) is 31.2 Å². The Morgan fingerprint density at radius 3 is 2.71 bits per heavy atom. The van der Waals surface area contributed by atoms with Crippen molar-refractivity contribution in [3.05, 3.63) is 41.1 Å². The Morgan fingerprint density at radius 2 is 2.04 bits per heavy atom. The van der Waals surface area contributed by atoms with Crippen LogP contribution in [0.5, 0.6) is 0 Å². The van der Waals surface area contributed by atoms with Crippen LogP contribution in [-0.4, -0.2) is 40.6 Å². The lowest BCUT2D eigenvalue weighted by Gasteiger charge is -2.22. The van der Waals surface area contributed by atoms with Crippen molar-refractivity contribution in [1.29, 1.82) is 0 Å². The summed E-state index contributed by atoms with van der Waals surface area (Å²) in [6.45, 7) is 2.43. The van der Waals surface area contributed by atoms with E-state index in [1.165, 1.54) is 0 Å². The number of benzene rings is 1. The van der Waals surface area contributed by atoms with Gasteiger partial charge in [0.25, 0.3) is 5.91 Å². The average molecular weight is 324 g/mol. The molecule has 1 amide bonds. The van der Waals surface area contributed by atoms with Gasteiger partial charge in [-0.3, -0.25) is 9.78 Å². The average Bonchev–Trinajstić information content (AvgIpc) is 3.45. The summed E-state index contributed by atoms with van der Waals surface area (Å²) in [5.74, 6) is 0.859. The van der Waals surface area contributed by atoms with Crippen LogP contribution in [0.25, 0.3) is 10.9 Å². The summed E-state index contributed by atoms with van der Waals surface area (Å²) < 4.78 is 0. The molecule has 2 aliphatic rings. The molecule has 0 aliphatic heterocycles. The lowest BCUT2D eigenvalue weighted by atomic mass is 10.0. The minimum Gasteiger partial charge on any atom is -0.391 e. The number of carbonyl (C=O) groups excluding carboxylic acids is 1. The van der Waals surface area contributed by atoms with Crippen molar-refractivity contribution in [2.45, 2.75) is 44.6 Å². The number of pyridine rings is 1. The summed E-state index contributed by atoms with van der Waals surface area (Å²) >= 11 is 0. The smallest absolute Gasteiger partial charge is 0.254 e. The first-order chi connectivity index (χ1) is 11.5. The van der Waals surface area contributed by atoms with Crippen molar-refractivity contribution in [3.8, 4) is 0 Å². The SMILES string of the molecule is Cc1ccc2nc(C3CC3)cc(C(=O)N(C)C[C@@H](O)C3CC3)c2c1. The van der Waals surface area contributed by atoms with Gasteiger partial charge < -0.3 is 10.0 Å². The molecule has 0 spiro atoms. The lowest BCUT2D eigenvalue weighted by molar-refractivity contribution is 0.0647. The highest BCUT2D eigenvalue weighted by Crippen LogP contribution is 2.40. The summed E-state index contributed by atoms with van der Waals surface area (Å²) in [6, 6.07) is 8.06. The molecule has 2 saturated carbocycles. The Hall–Kier alpha value is -1.94. The Labute approximate surface area is 142 Å². The zero-order chi connectivity index (χ0) is 16.8. The van der Waals surface area contributed by atoms with Crippen molar-refractivity contribution < 1.29 is 9.90 Å². The molecule has 1 heterocycles. The van der Waals surface area contributed by atoms with Crippen LogP contribution >= 0.6 is 0 Å². The molecule has 1 atom stereocenters. The van der Waals surface area contributed by atoms with Gasteiger partial charge in [0.1, 0.15) is 0 Å². The van der Waals surface area contributed by atoms with Gasteiger partial charge in [0.15, 0.2) is 0 Å². The molecule has 1 aromatic heterocycles. The predicted octanol–water partition coefficient (Wildman–Crippen LogP) is 3.26. The first-order valence-corrected chi connectivity index (χ1v) is 8.88. The molecular formula is C20H24N2O2. The van der Waals surface area contributed by atoms with E-state index in [1.54, 1.807) is 11.9 Å². The molecule has 126 valence electrons. The van der Waals surface area contributed by atoms with E-state index in [-0.39, 0.29) is 5.91 Å². The zero-order valence-electron chi connectivity index (χ0n) is 14.3.